The zero-order chi connectivity index (χ0) is 19.0. The second-order valence-electron chi connectivity index (χ2n) is 5.90. The van der Waals surface area contributed by atoms with Gasteiger partial charge in [-0.1, -0.05) is 29.3 Å². The highest BCUT2D eigenvalue weighted by Crippen LogP contribution is 2.30. The molecule has 0 unspecified atom stereocenters. The van der Waals surface area contributed by atoms with E-state index in [2.05, 4.69) is 15.3 Å². The second kappa shape index (κ2) is 7.02. The Morgan fingerprint density at radius 3 is 2.78 bits per heavy atom. The van der Waals surface area contributed by atoms with Crippen LogP contribution in [0.2, 0.25) is 10.0 Å². The van der Waals surface area contributed by atoms with Crippen LogP contribution in [0.3, 0.4) is 0 Å². The summed E-state index contributed by atoms with van der Waals surface area (Å²) in [6, 6.07) is 13.8. The van der Waals surface area contributed by atoms with Gasteiger partial charge in [0, 0.05) is 22.5 Å². The fourth-order valence-corrected chi connectivity index (χ4v) is 3.12. The van der Waals surface area contributed by atoms with Crippen LogP contribution in [0.4, 0.5) is 5.69 Å². The molecule has 0 aliphatic rings. The van der Waals surface area contributed by atoms with Crippen LogP contribution in [-0.2, 0) is 0 Å². The van der Waals surface area contributed by atoms with Gasteiger partial charge < -0.3 is 9.73 Å². The smallest absolute Gasteiger partial charge is 0.257 e. The Morgan fingerprint density at radius 2 is 1.96 bits per heavy atom. The molecule has 0 atom stereocenters. The third-order valence-electron chi connectivity index (χ3n) is 4.15. The normalized spacial score (nSPS) is 10.9. The molecule has 4 rings (SSSR count). The van der Waals surface area contributed by atoms with E-state index in [1.54, 1.807) is 36.5 Å². The van der Waals surface area contributed by atoms with E-state index < -0.39 is 0 Å². The Morgan fingerprint density at radius 1 is 1.11 bits per heavy atom. The summed E-state index contributed by atoms with van der Waals surface area (Å²) in [5.41, 5.74) is 3.65. The van der Waals surface area contributed by atoms with Crippen molar-refractivity contribution in [3.05, 3.63) is 75.9 Å². The van der Waals surface area contributed by atoms with Gasteiger partial charge in [0.05, 0.1) is 10.6 Å². The Kier molecular flexibility index (Phi) is 4.56. The number of hydrogen-bond donors (Lipinski definition) is 1. The number of pyridine rings is 1. The molecule has 0 bridgehead atoms. The number of carbonyl (C=O) groups excluding carboxylic acids is 1. The van der Waals surface area contributed by atoms with Crippen LogP contribution in [0, 0.1) is 6.92 Å². The van der Waals surface area contributed by atoms with Gasteiger partial charge in [0.15, 0.2) is 11.2 Å². The first-order chi connectivity index (χ1) is 13.0. The number of halogens is 2. The summed E-state index contributed by atoms with van der Waals surface area (Å²) in [5, 5.41) is 3.64. The molecular formula is C20H13Cl2N3O2. The monoisotopic (exact) mass is 397 g/mol. The molecule has 0 aliphatic carbocycles. The van der Waals surface area contributed by atoms with Crippen LogP contribution in [0.25, 0.3) is 22.7 Å². The van der Waals surface area contributed by atoms with Crippen LogP contribution >= 0.6 is 23.2 Å². The molecule has 1 N–H and O–H groups in total. The molecule has 0 saturated carbocycles. The summed E-state index contributed by atoms with van der Waals surface area (Å²) >= 11 is 12.1. The first kappa shape index (κ1) is 17.5. The van der Waals surface area contributed by atoms with Gasteiger partial charge in [-0.2, -0.15) is 4.98 Å². The highest BCUT2D eigenvalue weighted by molar-refractivity contribution is 6.36. The fourth-order valence-electron chi connectivity index (χ4n) is 2.75. The number of nitrogens with one attached hydrogen (secondary N) is 1. The van der Waals surface area contributed by atoms with Crippen LogP contribution in [-0.4, -0.2) is 15.9 Å². The molecule has 5 nitrogen and oxygen atoms in total. The summed E-state index contributed by atoms with van der Waals surface area (Å²) in [6.45, 7) is 1.88. The molecule has 0 fully saturated rings. The molecule has 0 aliphatic heterocycles. The predicted molar refractivity (Wildman–Crippen MR) is 106 cm³/mol. The van der Waals surface area contributed by atoms with E-state index in [4.69, 9.17) is 27.6 Å². The number of oxazole rings is 1. The third-order valence-corrected chi connectivity index (χ3v) is 4.72. The molecule has 0 spiro atoms. The van der Waals surface area contributed by atoms with Crippen molar-refractivity contribution in [3.63, 3.8) is 0 Å². The Balaban J connectivity index is 1.69. The van der Waals surface area contributed by atoms with Gasteiger partial charge in [-0.25, -0.2) is 4.98 Å². The number of aromatic nitrogens is 2. The Hall–Kier alpha value is -2.89. The maximum Gasteiger partial charge on any atom is 0.257 e. The second-order valence-corrected chi connectivity index (χ2v) is 6.74. The quantitative estimate of drug-likeness (QED) is 0.477. The molecule has 2 aromatic heterocycles. The van der Waals surface area contributed by atoms with Crippen molar-refractivity contribution in [1.29, 1.82) is 0 Å². The van der Waals surface area contributed by atoms with Gasteiger partial charge in [-0.05, 0) is 55.0 Å². The average molecular weight is 398 g/mol. The number of rotatable bonds is 3. The topological polar surface area (TPSA) is 68.0 Å². The van der Waals surface area contributed by atoms with Crippen molar-refractivity contribution in [2.75, 3.05) is 5.32 Å². The van der Waals surface area contributed by atoms with E-state index in [1.165, 1.54) is 6.07 Å². The summed E-state index contributed by atoms with van der Waals surface area (Å²) in [6.07, 6.45) is 1.66. The van der Waals surface area contributed by atoms with Crippen molar-refractivity contribution in [3.8, 4) is 11.5 Å². The van der Waals surface area contributed by atoms with E-state index in [9.17, 15) is 4.79 Å². The lowest BCUT2D eigenvalue weighted by molar-refractivity contribution is 0.102. The number of hydrogen-bond acceptors (Lipinski definition) is 4. The Labute approximate surface area is 165 Å². The zero-order valence-corrected chi connectivity index (χ0v) is 15.7. The van der Waals surface area contributed by atoms with Gasteiger partial charge in [-0.15, -0.1) is 0 Å². The fraction of sp³-hybridized carbons (Fsp3) is 0.0500. The largest absolute Gasteiger partial charge is 0.434 e. The van der Waals surface area contributed by atoms with Gasteiger partial charge in [0.25, 0.3) is 5.91 Å². The zero-order valence-electron chi connectivity index (χ0n) is 14.2. The average Bonchev–Trinajstić information content (AvgIpc) is 3.09. The lowest BCUT2D eigenvalue weighted by Crippen LogP contribution is -2.13. The highest BCUT2D eigenvalue weighted by Gasteiger charge is 2.16. The number of benzene rings is 2. The maximum absolute atomic E-state index is 12.6. The van der Waals surface area contributed by atoms with E-state index in [-0.39, 0.29) is 5.91 Å². The molecular weight excluding hydrogens is 385 g/mol. The van der Waals surface area contributed by atoms with Gasteiger partial charge in [0.1, 0.15) is 0 Å². The lowest BCUT2D eigenvalue weighted by atomic mass is 10.1. The number of amides is 1. The van der Waals surface area contributed by atoms with Crippen molar-refractivity contribution in [1.82, 2.24) is 9.97 Å². The van der Waals surface area contributed by atoms with E-state index >= 15 is 0 Å². The standard InChI is InChI=1S/C20H13Cl2N3O2/c1-11-13(20-25-18-17(27-20)6-3-9-23-18)4-2-5-16(11)24-19(26)14-10-12(21)7-8-15(14)22/h2-10H,1H3,(H,24,26). The molecule has 27 heavy (non-hydrogen) atoms. The molecule has 0 radical (unpaired) electrons. The molecule has 2 aromatic carbocycles. The highest BCUT2D eigenvalue weighted by atomic mass is 35.5. The molecule has 0 saturated heterocycles. The first-order valence-electron chi connectivity index (χ1n) is 8.11. The van der Waals surface area contributed by atoms with Crippen LogP contribution in [0.1, 0.15) is 15.9 Å². The van der Waals surface area contributed by atoms with Gasteiger partial charge in [0.2, 0.25) is 5.89 Å². The number of fused-ring (bicyclic) bond motifs is 1. The minimum absolute atomic E-state index is 0.306. The SMILES string of the molecule is Cc1c(NC(=O)c2cc(Cl)ccc2Cl)cccc1-c1nc2ncccc2o1. The third kappa shape index (κ3) is 3.39. The number of anilines is 1. The molecule has 4 aromatic rings. The molecule has 2 heterocycles. The lowest BCUT2D eigenvalue weighted by Gasteiger charge is -2.12. The maximum atomic E-state index is 12.6. The summed E-state index contributed by atoms with van der Waals surface area (Å²) < 4.78 is 5.79. The minimum Gasteiger partial charge on any atom is -0.434 e. The minimum atomic E-state index is -0.345. The van der Waals surface area contributed by atoms with Crippen molar-refractivity contribution in [2.45, 2.75) is 6.92 Å². The van der Waals surface area contributed by atoms with Gasteiger partial charge >= 0.3 is 0 Å². The number of nitrogens with zero attached hydrogens (tertiary/aromatic N) is 2. The molecule has 134 valence electrons. The first-order valence-corrected chi connectivity index (χ1v) is 8.86. The summed E-state index contributed by atoms with van der Waals surface area (Å²) in [4.78, 5) is 21.2. The van der Waals surface area contributed by atoms with E-state index in [0.29, 0.717) is 38.4 Å². The van der Waals surface area contributed by atoms with Crippen molar-refractivity contribution < 1.29 is 9.21 Å². The summed E-state index contributed by atoms with van der Waals surface area (Å²) in [5.74, 6) is 0.0973. The van der Waals surface area contributed by atoms with Gasteiger partial charge in [-0.3, -0.25) is 4.79 Å². The number of carbonyl (C=O) groups is 1. The van der Waals surface area contributed by atoms with E-state index in [1.807, 2.05) is 19.1 Å². The summed E-state index contributed by atoms with van der Waals surface area (Å²) in [7, 11) is 0. The predicted octanol–water partition coefficient (Wildman–Crippen LogP) is 5.76. The van der Waals surface area contributed by atoms with Crippen molar-refractivity contribution >= 4 is 46.0 Å². The van der Waals surface area contributed by atoms with Crippen molar-refractivity contribution in [2.24, 2.45) is 0 Å². The van der Waals surface area contributed by atoms with Crippen LogP contribution in [0.15, 0.2) is 59.1 Å². The molecule has 1 amide bonds. The molecule has 7 heteroatoms. The van der Waals surface area contributed by atoms with E-state index in [0.717, 1.165) is 11.1 Å². The van der Waals surface area contributed by atoms with Crippen LogP contribution < -0.4 is 5.32 Å². The Bertz CT molecular complexity index is 1140. The van der Waals surface area contributed by atoms with Crippen LogP contribution in [0.5, 0.6) is 0 Å².